The first kappa shape index (κ1) is 17.0. The molecule has 0 radical (unpaired) electrons. The number of ether oxygens (including phenoxy) is 1. The fourth-order valence-electron chi connectivity index (χ4n) is 2.89. The van der Waals surface area contributed by atoms with Crippen LogP contribution in [0.2, 0.25) is 0 Å². The third-order valence-electron chi connectivity index (χ3n) is 4.43. The lowest BCUT2D eigenvalue weighted by atomic mass is 9.90. The summed E-state index contributed by atoms with van der Waals surface area (Å²) in [6.45, 7) is 2.23. The average Bonchev–Trinajstić information content (AvgIpc) is 3.03. The minimum atomic E-state index is -1.44. The summed E-state index contributed by atoms with van der Waals surface area (Å²) in [4.78, 5) is 25.8. The van der Waals surface area contributed by atoms with Crippen molar-refractivity contribution >= 4 is 11.9 Å². The van der Waals surface area contributed by atoms with Gasteiger partial charge >= 0.3 is 5.97 Å². The number of carboxylic acids is 1. The quantitative estimate of drug-likeness (QED) is 0.920. The van der Waals surface area contributed by atoms with Crippen LogP contribution in [0.1, 0.15) is 29.0 Å². The monoisotopic (exact) mass is 347 g/mol. The number of hydrogen-bond acceptors (Lipinski definition) is 4. The topological polar surface area (TPSA) is 80.0 Å². The maximum atomic E-state index is 13.0. The second-order valence-electron chi connectivity index (χ2n) is 6.08. The molecule has 1 amide bonds. The van der Waals surface area contributed by atoms with Crippen molar-refractivity contribution in [2.75, 3.05) is 13.1 Å². The van der Waals surface area contributed by atoms with E-state index >= 15 is 0 Å². The van der Waals surface area contributed by atoms with Crippen LogP contribution in [-0.4, -0.2) is 40.6 Å². The van der Waals surface area contributed by atoms with Gasteiger partial charge in [0.25, 0.3) is 5.91 Å². The van der Waals surface area contributed by atoms with Gasteiger partial charge in [0.2, 0.25) is 5.60 Å². The highest BCUT2D eigenvalue weighted by Gasteiger charge is 2.45. The number of carboxylic acid groups (broad SMARTS) is 1. The minimum absolute atomic E-state index is 0.130. The molecule has 0 bridgehead atoms. The van der Waals surface area contributed by atoms with Crippen LogP contribution in [0.5, 0.6) is 5.75 Å². The number of carbonyl (C=O) groups is 2. The number of hydrogen-bond donors (Lipinski definition) is 1. The number of halogens is 1. The second-order valence-corrected chi connectivity index (χ2v) is 6.08. The molecular weight excluding hydrogens is 329 g/mol. The van der Waals surface area contributed by atoms with Gasteiger partial charge in [-0.3, -0.25) is 4.79 Å². The van der Waals surface area contributed by atoms with Crippen LogP contribution in [0.15, 0.2) is 41.0 Å². The van der Waals surface area contributed by atoms with E-state index in [1.165, 1.54) is 30.5 Å². The lowest BCUT2D eigenvalue weighted by molar-refractivity contribution is -0.159. The van der Waals surface area contributed by atoms with E-state index in [9.17, 15) is 19.1 Å². The molecule has 2 aromatic rings. The molecule has 1 aliphatic rings. The van der Waals surface area contributed by atoms with Crippen molar-refractivity contribution in [1.29, 1.82) is 0 Å². The standard InChI is InChI=1S/C18H18FNO5/c1-12-6-11-24-15(12)16(21)20-9-7-18(8-10-20,17(22)23)25-14-4-2-13(19)3-5-14/h2-6,11H,7-10H2,1H3,(H,22,23). The van der Waals surface area contributed by atoms with Gasteiger partial charge < -0.3 is 19.2 Å². The number of likely N-dealkylation sites (tertiary alicyclic amines) is 1. The van der Waals surface area contributed by atoms with E-state index < -0.39 is 17.4 Å². The highest BCUT2D eigenvalue weighted by molar-refractivity contribution is 5.93. The van der Waals surface area contributed by atoms with Crippen molar-refractivity contribution in [3.63, 3.8) is 0 Å². The Morgan fingerprint density at radius 2 is 1.84 bits per heavy atom. The third kappa shape index (κ3) is 3.35. The highest BCUT2D eigenvalue weighted by atomic mass is 19.1. The van der Waals surface area contributed by atoms with Crippen molar-refractivity contribution in [1.82, 2.24) is 4.90 Å². The molecule has 1 aliphatic heterocycles. The van der Waals surface area contributed by atoms with E-state index in [1.807, 2.05) is 0 Å². The maximum Gasteiger partial charge on any atom is 0.348 e. The predicted octanol–water partition coefficient (Wildman–Crippen LogP) is 2.87. The summed E-state index contributed by atoms with van der Waals surface area (Å²) < 4.78 is 23.9. The molecule has 1 aromatic heterocycles. The molecule has 3 rings (SSSR count). The largest absolute Gasteiger partial charge is 0.478 e. The number of furan rings is 1. The Morgan fingerprint density at radius 1 is 1.20 bits per heavy atom. The molecule has 0 saturated carbocycles. The summed E-state index contributed by atoms with van der Waals surface area (Å²) in [5.41, 5.74) is -0.699. The molecule has 0 aliphatic carbocycles. The van der Waals surface area contributed by atoms with Gasteiger partial charge in [-0.2, -0.15) is 0 Å². The minimum Gasteiger partial charge on any atom is -0.478 e. The second kappa shape index (κ2) is 6.58. The SMILES string of the molecule is Cc1ccoc1C(=O)N1CCC(Oc2ccc(F)cc2)(C(=O)O)CC1. The van der Waals surface area contributed by atoms with E-state index in [-0.39, 0.29) is 43.3 Å². The molecule has 1 N–H and O–H groups in total. The first-order chi connectivity index (χ1) is 11.9. The summed E-state index contributed by atoms with van der Waals surface area (Å²) >= 11 is 0. The fraction of sp³-hybridized carbons (Fsp3) is 0.333. The van der Waals surface area contributed by atoms with Crippen LogP contribution in [0.3, 0.4) is 0 Å². The Bertz CT molecular complexity index is 775. The summed E-state index contributed by atoms with van der Waals surface area (Å²) in [6.07, 6.45) is 1.71. The number of carbonyl (C=O) groups excluding carboxylic acids is 1. The summed E-state index contributed by atoms with van der Waals surface area (Å²) in [6, 6.07) is 6.91. The Labute approximate surface area is 143 Å². The zero-order valence-corrected chi connectivity index (χ0v) is 13.7. The summed E-state index contributed by atoms with van der Waals surface area (Å²) in [7, 11) is 0. The van der Waals surface area contributed by atoms with Crippen LogP contribution in [0.4, 0.5) is 4.39 Å². The number of rotatable bonds is 4. The molecule has 0 atom stereocenters. The van der Waals surface area contributed by atoms with E-state index in [2.05, 4.69) is 0 Å². The van der Waals surface area contributed by atoms with Gasteiger partial charge in [0, 0.05) is 31.5 Å². The number of nitrogens with zero attached hydrogens (tertiary/aromatic N) is 1. The number of aryl methyl sites for hydroxylation is 1. The van der Waals surface area contributed by atoms with E-state index in [4.69, 9.17) is 9.15 Å². The highest BCUT2D eigenvalue weighted by Crippen LogP contribution is 2.30. The summed E-state index contributed by atoms with van der Waals surface area (Å²) in [5.74, 6) is -1.24. The zero-order valence-electron chi connectivity index (χ0n) is 13.7. The third-order valence-corrected chi connectivity index (χ3v) is 4.43. The first-order valence-electron chi connectivity index (χ1n) is 7.93. The van der Waals surface area contributed by atoms with Crippen molar-refractivity contribution in [2.45, 2.75) is 25.4 Å². The number of piperidine rings is 1. The molecule has 0 unspecified atom stereocenters. The summed E-state index contributed by atoms with van der Waals surface area (Å²) in [5, 5.41) is 9.64. The Morgan fingerprint density at radius 3 is 2.36 bits per heavy atom. The Balaban J connectivity index is 1.72. The van der Waals surface area contributed by atoms with Crippen LogP contribution < -0.4 is 4.74 Å². The molecule has 1 fully saturated rings. The zero-order chi connectivity index (χ0) is 18.0. The fourth-order valence-corrected chi connectivity index (χ4v) is 2.89. The maximum absolute atomic E-state index is 13.0. The smallest absolute Gasteiger partial charge is 0.348 e. The lowest BCUT2D eigenvalue weighted by Gasteiger charge is -2.38. The molecule has 0 spiro atoms. The van der Waals surface area contributed by atoms with Gasteiger partial charge in [-0.25, -0.2) is 9.18 Å². The van der Waals surface area contributed by atoms with Crippen LogP contribution in [0, 0.1) is 12.7 Å². The molecule has 2 heterocycles. The van der Waals surface area contributed by atoms with Gasteiger partial charge in [-0.05, 0) is 37.3 Å². The Hall–Kier alpha value is -2.83. The average molecular weight is 347 g/mol. The molecule has 25 heavy (non-hydrogen) atoms. The van der Waals surface area contributed by atoms with Gasteiger partial charge in [-0.15, -0.1) is 0 Å². The first-order valence-corrected chi connectivity index (χ1v) is 7.93. The Kier molecular flexibility index (Phi) is 4.48. The molecule has 1 saturated heterocycles. The molecular formula is C18H18FNO5. The normalized spacial score (nSPS) is 16.5. The predicted molar refractivity (Wildman–Crippen MR) is 86.0 cm³/mol. The van der Waals surface area contributed by atoms with Gasteiger partial charge in [0.05, 0.1) is 6.26 Å². The van der Waals surface area contributed by atoms with E-state index in [0.29, 0.717) is 0 Å². The number of amides is 1. The van der Waals surface area contributed by atoms with Crippen LogP contribution in [-0.2, 0) is 4.79 Å². The number of benzene rings is 1. The van der Waals surface area contributed by atoms with Crippen molar-refractivity contribution in [3.8, 4) is 5.75 Å². The van der Waals surface area contributed by atoms with Crippen LogP contribution >= 0.6 is 0 Å². The van der Waals surface area contributed by atoms with Crippen molar-refractivity contribution in [2.24, 2.45) is 0 Å². The van der Waals surface area contributed by atoms with Crippen molar-refractivity contribution in [3.05, 3.63) is 53.7 Å². The molecule has 7 heteroatoms. The van der Waals surface area contributed by atoms with Gasteiger partial charge in [0.15, 0.2) is 5.76 Å². The molecule has 6 nitrogen and oxygen atoms in total. The van der Waals surface area contributed by atoms with Gasteiger partial charge in [0.1, 0.15) is 11.6 Å². The van der Waals surface area contributed by atoms with Crippen molar-refractivity contribution < 1.29 is 28.2 Å². The molecule has 132 valence electrons. The molecule has 1 aromatic carbocycles. The van der Waals surface area contributed by atoms with E-state index in [1.54, 1.807) is 17.9 Å². The van der Waals surface area contributed by atoms with Crippen LogP contribution in [0.25, 0.3) is 0 Å². The number of aliphatic carboxylic acids is 1. The van der Waals surface area contributed by atoms with E-state index in [0.717, 1.165) is 5.56 Å². The lowest BCUT2D eigenvalue weighted by Crippen LogP contribution is -2.54. The van der Waals surface area contributed by atoms with Gasteiger partial charge in [-0.1, -0.05) is 0 Å².